The van der Waals surface area contributed by atoms with E-state index in [-0.39, 0.29) is 11.8 Å². The number of rotatable bonds is 1. The third-order valence-electron chi connectivity index (χ3n) is 2.83. The Kier molecular flexibility index (Phi) is 2.64. The highest BCUT2D eigenvalue weighted by Crippen LogP contribution is 2.25. The molecule has 0 amide bonds. The number of benzene rings is 1. The van der Waals surface area contributed by atoms with Crippen molar-refractivity contribution in [2.24, 2.45) is 0 Å². The van der Waals surface area contributed by atoms with Crippen LogP contribution in [0.25, 0.3) is 16.9 Å². The molecule has 2 heterocycles. The van der Waals surface area contributed by atoms with Crippen LogP contribution in [0.1, 0.15) is 5.56 Å². The molecule has 3 aromatic rings. The van der Waals surface area contributed by atoms with Gasteiger partial charge in [0, 0.05) is 6.20 Å². The van der Waals surface area contributed by atoms with Crippen molar-refractivity contribution in [3.8, 4) is 5.69 Å². The van der Waals surface area contributed by atoms with Gasteiger partial charge in [-0.05, 0) is 30.7 Å². The maximum Gasteiger partial charge on any atom is 0.207 e. The van der Waals surface area contributed by atoms with E-state index >= 15 is 0 Å². The number of imidazole rings is 1. The lowest BCUT2D eigenvalue weighted by Crippen LogP contribution is -2.03. The Morgan fingerprint density at radius 2 is 2.11 bits per heavy atom. The van der Waals surface area contributed by atoms with Crippen LogP contribution in [0.15, 0.2) is 30.5 Å². The fraction of sp³-hybridized carbons (Fsp3) is 0.0769. The summed E-state index contributed by atoms with van der Waals surface area (Å²) in [6.45, 7) is 1.82. The quantitative estimate of drug-likeness (QED) is 0.743. The van der Waals surface area contributed by atoms with Crippen LogP contribution in [-0.2, 0) is 0 Å². The maximum absolute atomic E-state index is 14.0. The molecular formula is C13H10ClFN4. The second kappa shape index (κ2) is 4.20. The lowest BCUT2D eigenvalue weighted by Gasteiger charge is -2.07. The number of nitrogens with zero attached hydrogens (tertiary/aromatic N) is 3. The van der Waals surface area contributed by atoms with E-state index in [1.165, 1.54) is 16.8 Å². The van der Waals surface area contributed by atoms with Crippen molar-refractivity contribution in [2.45, 2.75) is 6.92 Å². The largest absolute Gasteiger partial charge is 0.369 e. The minimum Gasteiger partial charge on any atom is -0.369 e. The van der Waals surface area contributed by atoms with Crippen LogP contribution in [0, 0.1) is 12.7 Å². The summed E-state index contributed by atoms with van der Waals surface area (Å²) in [5.41, 5.74) is 8.01. The normalized spacial score (nSPS) is 11.1. The third kappa shape index (κ3) is 1.92. The molecule has 0 saturated carbocycles. The van der Waals surface area contributed by atoms with Gasteiger partial charge in [-0.2, -0.15) is 0 Å². The first-order valence-electron chi connectivity index (χ1n) is 5.62. The average molecular weight is 277 g/mol. The number of nitrogens with two attached hydrogens (primary N) is 1. The van der Waals surface area contributed by atoms with Gasteiger partial charge in [-0.15, -0.1) is 0 Å². The van der Waals surface area contributed by atoms with Crippen molar-refractivity contribution in [3.05, 3.63) is 46.9 Å². The molecule has 1 aromatic carbocycles. The Bertz CT molecular complexity index is 782. The van der Waals surface area contributed by atoms with Crippen molar-refractivity contribution in [3.63, 3.8) is 0 Å². The fourth-order valence-electron chi connectivity index (χ4n) is 1.99. The molecule has 0 radical (unpaired) electrons. The van der Waals surface area contributed by atoms with E-state index in [2.05, 4.69) is 9.97 Å². The summed E-state index contributed by atoms with van der Waals surface area (Å²) in [5.74, 6) is -0.199. The van der Waals surface area contributed by atoms with E-state index in [1.54, 1.807) is 18.2 Å². The Balaban J connectivity index is 2.33. The van der Waals surface area contributed by atoms with E-state index < -0.39 is 0 Å². The van der Waals surface area contributed by atoms with Gasteiger partial charge in [0.1, 0.15) is 11.3 Å². The van der Waals surface area contributed by atoms with Crippen molar-refractivity contribution in [1.82, 2.24) is 14.5 Å². The zero-order valence-corrected chi connectivity index (χ0v) is 10.8. The second-order valence-corrected chi connectivity index (χ2v) is 4.69. The van der Waals surface area contributed by atoms with Gasteiger partial charge < -0.3 is 5.73 Å². The van der Waals surface area contributed by atoms with Gasteiger partial charge in [-0.1, -0.05) is 17.7 Å². The average Bonchev–Trinajstić information content (AvgIpc) is 2.65. The number of pyridine rings is 1. The summed E-state index contributed by atoms with van der Waals surface area (Å²) in [6.07, 6.45) is 1.48. The zero-order chi connectivity index (χ0) is 13.6. The first-order chi connectivity index (χ1) is 9.06. The van der Waals surface area contributed by atoms with E-state index in [9.17, 15) is 4.39 Å². The SMILES string of the molecule is Cc1ccc(-n2c(N)nc3cc(Cl)cnc32)c(F)c1. The number of hydrogen-bond acceptors (Lipinski definition) is 3. The van der Waals surface area contributed by atoms with Crippen LogP contribution in [0.5, 0.6) is 0 Å². The van der Waals surface area contributed by atoms with E-state index in [1.807, 2.05) is 6.92 Å². The van der Waals surface area contributed by atoms with Crippen LogP contribution in [0.4, 0.5) is 10.3 Å². The number of halogens is 2. The molecule has 3 rings (SSSR count). The molecular weight excluding hydrogens is 267 g/mol. The van der Waals surface area contributed by atoms with Gasteiger partial charge >= 0.3 is 0 Å². The highest BCUT2D eigenvalue weighted by molar-refractivity contribution is 6.31. The van der Waals surface area contributed by atoms with Crippen molar-refractivity contribution in [2.75, 3.05) is 5.73 Å². The van der Waals surface area contributed by atoms with Crippen LogP contribution < -0.4 is 5.73 Å². The van der Waals surface area contributed by atoms with E-state index in [0.29, 0.717) is 21.9 Å². The topological polar surface area (TPSA) is 56.7 Å². The standard InChI is InChI=1S/C13H10ClFN4/c1-7-2-3-11(9(15)4-7)19-12-10(18-13(19)16)5-8(14)6-17-12/h2-6H,1H3,(H2,16,18). The molecule has 0 saturated heterocycles. The van der Waals surface area contributed by atoms with Gasteiger partial charge in [-0.3, -0.25) is 4.57 Å². The molecule has 2 aromatic heterocycles. The predicted octanol–water partition coefficient (Wildman–Crippen LogP) is 3.10. The minimum absolute atomic E-state index is 0.174. The monoisotopic (exact) mass is 276 g/mol. The molecule has 4 nitrogen and oxygen atoms in total. The van der Waals surface area contributed by atoms with Crippen molar-refractivity contribution >= 4 is 28.7 Å². The Hall–Kier alpha value is -2.14. The summed E-state index contributed by atoms with van der Waals surface area (Å²) in [5, 5.41) is 0.460. The Morgan fingerprint density at radius 3 is 2.84 bits per heavy atom. The molecule has 0 fully saturated rings. The number of aromatic nitrogens is 3. The Labute approximate surface area is 113 Å². The number of fused-ring (bicyclic) bond motifs is 1. The van der Waals surface area contributed by atoms with Gasteiger partial charge in [0.25, 0.3) is 0 Å². The van der Waals surface area contributed by atoms with Crippen LogP contribution in [0.3, 0.4) is 0 Å². The van der Waals surface area contributed by atoms with Gasteiger partial charge in [0.2, 0.25) is 5.95 Å². The predicted molar refractivity (Wildman–Crippen MR) is 73.0 cm³/mol. The van der Waals surface area contributed by atoms with Crippen molar-refractivity contribution < 1.29 is 4.39 Å². The highest BCUT2D eigenvalue weighted by Gasteiger charge is 2.14. The Morgan fingerprint density at radius 1 is 1.32 bits per heavy atom. The van der Waals surface area contributed by atoms with Crippen LogP contribution in [0.2, 0.25) is 5.02 Å². The molecule has 0 unspecified atom stereocenters. The van der Waals surface area contributed by atoms with Crippen LogP contribution >= 0.6 is 11.6 Å². The second-order valence-electron chi connectivity index (χ2n) is 4.26. The molecule has 0 aliphatic carbocycles. The van der Waals surface area contributed by atoms with Gasteiger partial charge in [0.05, 0.1) is 10.7 Å². The lowest BCUT2D eigenvalue weighted by atomic mass is 10.2. The molecule has 2 N–H and O–H groups in total. The number of nitrogen functional groups attached to an aromatic ring is 1. The van der Waals surface area contributed by atoms with Gasteiger partial charge in [-0.25, -0.2) is 14.4 Å². The summed E-state index contributed by atoms with van der Waals surface area (Å²) < 4.78 is 15.5. The molecule has 0 bridgehead atoms. The minimum atomic E-state index is -0.372. The number of anilines is 1. The first kappa shape index (κ1) is 11.9. The molecule has 19 heavy (non-hydrogen) atoms. The molecule has 0 atom stereocenters. The molecule has 0 spiro atoms. The van der Waals surface area contributed by atoms with Crippen LogP contribution in [-0.4, -0.2) is 14.5 Å². The summed E-state index contributed by atoms with van der Waals surface area (Å²) >= 11 is 5.85. The summed E-state index contributed by atoms with van der Waals surface area (Å²) in [6, 6.07) is 6.54. The third-order valence-corrected chi connectivity index (χ3v) is 3.04. The van der Waals surface area contributed by atoms with E-state index in [0.717, 1.165) is 5.56 Å². The smallest absolute Gasteiger partial charge is 0.207 e. The summed E-state index contributed by atoms with van der Waals surface area (Å²) in [7, 11) is 0. The lowest BCUT2D eigenvalue weighted by molar-refractivity contribution is 0.618. The highest BCUT2D eigenvalue weighted by atomic mass is 35.5. The first-order valence-corrected chi connectivity index (χ1v) is 6.00. The zero-order valence-electron chi connectivity index (χ0n) is 10.1. The fourth-order valence-corrected chi connectivity index (χ4v) is 2.14. The maximum atomic E-state index is 14.0. The molecule has 0 aliphatic rings. The van der Waals surface area contributed by atoms with E-state index in [4.69, 9.17) is 17.3 Å². The molecule has 0 aliphatic heterocycles. The number of aryl methyl sites for hydroxylation is 1. The molecule has 96 valence electrons. The van der Waals surface area contributed by atoms with Gasteiger partial charge in [0.15, 0.2) is 5.65 Å². The number of hydrogen-bond donors (Lipinski definition) is 1. The van der Waals surface area contributed by atoms with Crippen molar-refractivity contribution in [1.29, 1.82) is 0 Å². The summed E-state index contributed by atoms with van der Waals surface area (Å²) in [4.78, 5) is 8.30. The molecule has 6 heteroatoms.